The first-order valence-corrected chi connectivity index (χ1v) is 10.2. The van der Waals surface area contributed by atoms with Crippen molar-refractivity contribution in [3.8, 4) is 28.4 Å². The molecule has 3 rings (SSSR count). The number of rotatable bonds is 6. The number of alkyl halides is 3. The highest BCUT2D eigenvalue weighted by Gasteiger charge is 2.30. The third-order valence-corrected chi connectivity index (χ3v) is 5.40. The van der Waals surface area contributed by atoms with Gasteiger partial charge in [-0.2, -0.15) is 13.2 Å². The van der Waals surface area contributed by atoms with Crippen LogP contribution in [0.2, 0.25) is 0 Å². The Morgan fingerprint density at radius 1 is 1.09 bits per heavy atom. The van der Waals surface area contributed by atoms with Gasteiger partial charge in [0.1, 0.15) is 6.54 Å². The van der Waals surface area contributed by atoms with Crippen molar-refractivity contribution >= 4 is 11.6 Å². The molecule has 1 amide bonds. The minimum absolute atomic E-state index is 0.206. The van der Waals surface area contributed by atoms with Crippen molar-refractivity contribution in [3.63, 3.8) is 0 Å². The lowest BCUT2D eigenvalue weighted by atomic mass is 9.95. The molecule has 2 aromatic rings. The Bertz CT molecular complexity index is 1120. The second kappa shape index (κ2) is 9.60. The molecule has 0 saturated carbocycles. The largest absolute Gasteiger partial charge is 0.493 e. The van der Waals surface area contributed by atoms with Gasteiger partial charge in [-0.1, -0.05) is 6.07 Å². The van der Waals surface area contributed by atoms with Crippen LogP contribution in [0.25, 0.3) is 11.1 Å². The molecule has 0 aromatic heterocycles. The lowest BCUT2D eigenvalue weighted by Gasteiger charge is -2.19. The number of carbonyl (C=O) groups excluding carboxylic acids is 1. The SMILES string of the molecule is COc1cc2c(c(OC)c1OC)-c1ccc(NCC(F)(F)F)c(=O)cc1C(NC(C)=O)CC2. The van der Waals surface area contributed by atoms with Crippen LogP contribution in [0.4, 0.5) is 18.9 Å². The molecule has 0 fully saturated rings. The van der Waals surface area contributed by atoms with Crippen molar-refractivity contribution in [1.29, 1.82) is 0 Å². The maximum Gasteiger partial charge on any atom is 0.405 e. The molecular formula is C23H25F3N2O5. The van der Waals surface area contributed by atoms with Crippen LogP contribution in [0.5, 0.6) is 17.2 Å². The maximum atomic E-state index is 12.8. The highest BCUT2D eigenvalue weighted by molar-refractivity contribution is 5.83. The van der Waals surface area contributed by atoms with Gasteiger partial charge in [-0.3, -0.25) is 9.59 Å². The van der Waals surface area contributed by atoms with E-state index in [1.807, 2.05) is 0 Å². The van der Waals surface area contributed by atoms with Crippen LogP contribution in [0.15, 0.2) is 29.1 Å². The summed E-state index contributed by atoms with van der Waals surface area (Å²) >= 11 is 0. The van der Waals surface area contributed by atoms with Gasteiger partial charge in [-0.25, -0.2) is 0 Å². The summed E-state index contributed by atoms with van der Waals surface area (Å²) in [4.78, 5) is 24.7. The average molecular weight is 466 g/mol. The van der Waals surface area contributed by atoms with Gasteiger partial charge in [0.25, 0.3) is 0 Å². The number of aryl methyl sites for hydroxylation is 1. The molecule has 0 saturated heterocycles. The number of ether oxygens (including phenoxy) is 3. The molecule has 0 radical (unpaired) electrons. The number of hydrogen-bond acceptors (Lipinski definition) is 6. The number of hydrogen-bond donors (Lipinski definition) is 2. The summed E-state index contributed by atoms with van der Waals surface area (Å²) in [5, 5.41) is 5.00. The standard InChI is InChI=1S/C23H25F3N2O5/c1-12(29)28-16-7-5-13-9-19(31-2)21(32-3)22(33-4)20(13)14-6-8-17(18(30)10-15(14)16)27-11-23(24,25)26/h6,8-10,16H,5,7,11H2,1-4H3,(H,27,30)(H,28,29). The zero-order valence-corrected chi connectivity index (χ0v) is 18.7. The van der Waals surface area contributed by atoms with E-state index in [2.05, 4.69) is 10.6 Å². The van der Waals surface area contributed by atoms with Crippen LogP contribution in [0.3, 0.4) is 0 Å². The van der Waals surface area contributed by atoms with Crippen molar-refractivity contribution in [2.45, 2.75) is 32.0 Å². The molecule has 7 nitrogen and oxygen atoms in total. The molecule has 0 aliphatic heterocycles. The van der Waals surface area contributed by atoms with Gasteiger partial charge in [-0.05, 0) is 47.7 Å². The van der Waals surface area contributed by atoms with Crippen molar-refractivity contribution < 1.29 is 32.2 Å². The van der Waals surface area contributed by atoms with Gasteiger partial charge < -0.3 is 24.8 Å². The molecule has 0 bridgehead atoms. The molecule has 10 heteroatoms. The van der Waals surface area contributed by atoms with Crippen molar-refractivity contribution in [3.05, 3.63) is 45.6 Å². The molecule has 178 valence electrons. The van der Waals surface area contributed by atoms with Gasteiger partial charge in [0.2, 0.25) is 17.1 Å². The minimum Gasteiger partial charge on any atom is -0.493 e. The Kier molecular flexibility index (Phi) is 7.04. The number of amides is 1. The predicted octanol–water partition coefficient (Wildman–Crippen LogP) is 3.84. The number of benzene rings is 1. The van der Waals surface area contributed by atoms with Gasteiger partial charge >= 0.3 is 6.18 Å². The molecule has 1 aliphatic carbocycles. The smallest absolute Gasteiger partial charge is 0.405 e. The fourth-order valence-corrected chi connectivity index (χ4v) is 4.05. The van der Waals surface area contributed by atoms with Crippen molar-refractivity contribution in [2.24, 2.45) is 0 Å². The third-order valence-electron chi connectivity index (χ3n) is 5.40. The zero-order valence-electron chi connectivity index (χ0n) is 18.7. The number of carbonyl (C=O) groups is 1. The quantitative estimate of drug-likeness (QED) is 0.673. The van der Waals surface area contributed by atoms with Crippen LogP contribution in [0, 0.1) is 0 Å². The summed E-state index contributed by atoms with van der Waals surface area (Å²) in [5.41, 5.74) is 1.62. The topological polar surface area (TPSA) is 85.9 Å². The van der Waals surface area contributed by atoms with Crippen LogP contribution in [0.1, 0.15) is 30.5 Å². The summed E-state index contributed by atoms with van der Waals surface area (Å²) in [6.07, 6.45) is -3.52. The summed E-state index contributed by atoms with van der Waals surface area (Å²) in [6, 6.07) is 5.39. The molecule has 2 N–H and O–H groups in total. The van der Waals surface area contributed by atoms with E-state index >= 15 is 0 Å². The number of halogens is 3. The highest BCUT2D eigenvalue weighted by Crippen LogP contribution is 2.50. The Hall–Kier alpha value is -3.43. The fraction of sp³-hybridized carbons (Fsp3) is 0.391. The summed E-state index contributed by atoms with van der Waals surface area (Å²) in [7, 11) is 4.42. The van der Waals surface area contributed by atoms with Crippen LogP contribution in [-0.4, -0.2) is 40.0 Å². The molecule has 2 aromatic carbocycles. The van der Waals surface area contributed by atoms with Crippen molar-refractivity contribution in [1.82, 2.24) is 5.32 Å². The third kappa shape index (κ3) is 5.15. The first-order valence-electron chi connectivity index (χ1n) is 10.2. The molecule has 1 aliphatic rings. The molecule has 0 spiro atoms. The van der Waals surface area contributed by atoms with Gasteiger partial charge in [0, 0.05) is 12.5 Å². The average Bonchev–Trinajstić information content (AvgIpc) is 2.99. The van der Waals surface area contributed by atoms with E-state index in [-0.39, 0.29) is 11.6 Å². The van der Waals surface area contributed by atoms with E-state index in [4.69, 9.17) is 14.2 Å². The predicted molar refractivity (Wildman–Crippen MR) is 117 cm³/mol. The number of methoxy groups -OCH3 is 3. The summed E-state index contributed by atoms with van der Waals surface area (Å²) < 4.78 is 54.8. The molecule has 0 heterocycles. The van der Waals surface area contributed by atoms with Crippen LogP contribution < -0.4 is 30.3 Å². The van der Waals surface area contributed by atoms with E-state index in [9.17, 15) is 22.8 Å². The first kappa shape index (κ1) is 24.2. The zero-order chi connectivity index (χ0) is 24.3. The molecule has 1 unspecified atom stereocenters. The highest BCUT2D eigenvalue weighted by atomic mass is 19.4. The van der Waals surface area contributed by atoms with Crippen LogP contribution in [-0.2, 0) is 11.2 Å². The fourth-order valence-electron chi connectivity index (χ4n) is 4.05. The maximum absolute atomic E-state index is 12.8. The lowest BCUT2D eigenvalue weighted by molar-refractivity contribution is -0.119. The van der Waals surface area contributed by atoms with Crippen molar-refractivity contribution in [2.75, 3.05) is 33.2 Å². The monoisotopic (exact) mass is 466 g/mol. The second-order valence-electron chi connectivity index (χ2n) is 7.56. The van der Waals surface area contributed by atoms with E-state index < -0.39 is 24.2 Å². The van der Waals surface area contributed by atoms with Crippen LogP contribution >= 0.6 is 0 Å². The summed E-state index contributed by atoms with van der Waals surface area (Å²) in [5.74, 6) is 0.852. The number of nitrogens with one attached hydrogen (secondary N) is 2. The Balaban J connectivity index is 2.32. The Labute approximate surface area is 188 Å². The lowest BCUT2D eigenvalue weighted by Crippen LogP contribution is -2.27. The number of fused-ring (bicyclic) bond motifs is 3. The van der Waals surface area contributed by atoms with E-state index in [0.29, 0.717) is 46.8 Å². The molecule has 1 atom stereocenters. The Morgan fingerprint density at radius 3 is 2.36 bits per heavy atom. The normalized spacial score (nSPS) is 14.9. The Morgan fingerprint density at radius 2 is 1.79 bits per heavy atom. The second-order valence-corrected chi connectivity index (χ2v) is 7.56. The van der Waals surface area contributed by atoms with E-state index in [0.717, 1.165) is 5.56 Å². The van der Waals surface area contributed by atoms with Gasteiger partial charge in [0.05, 0.1) is 33.1 Å². The minimum atomic E-state index is -4.49. The first-order chi connectivity index (χ1) is 15.6. The van der Waals surface area contributed by atoms with Gasteiger partial charge in [-0.15, -0.1) is 0 Å². The van der Waals surface area contributed by atoms with Gasteiger partial charge in [0.15, 0.2) is 11.5 Å². The van der Waals surface area contributed by atoms with E-state index in [1.165, 1.54) is 40.4 Å². The molecular weight excluding hydrogens is 441 g/mol. The number of anilines is 1. The molecule has 33 heavy (non-hydrogen) atoms. The van der Waals surface area contributed by atoms with E-state index in [1.54, 1.807) is 12.1 Å². The summed E-state index contributed by atoms with van der Waals surface area (Å²) in [6.45, 7) is 0.0126.